The molecule has 5 heteroatoms. The minimum Gasteiger partial charge on any atom is -0.496 e. The molecule has 0 aliphatic carbocycles. The van der Waals surface area contributed by atoms with E-state index in [0.29, 0.717) is 0 Å². The summed E-state index contributed by atoms with van der Waals surface area (Å²) in [5, 5.41) is 7.54. The van der Waals surface area contributed by atoms with Crippen molar-refractivity contribution >= 4 is 15.9 Å². The fraction of sp³-hybridized carbons (Fsp3) is 0.357. The second kappa shape index (κ2) is 6.21. The van der Waals surface area contributed by atoms with E-state index in [1.54, 1.807) is 7.11 Å². The monoisotopic (exact) mass is 323 g/mol. The third-order valence-corrected chi connectivity index (χ3v) is 3.74. The van der Waals surface area contributed by atoms with Crippen molar-refractivity contribution in [2.45, 2.75) is 12.5 Å². The first kappa shape index (κ1) is 14.1. The summed E-state index contributed by atoms with van der Waals surface area (Å²) in [7, 11) is 5.58. The summed E-state index contributed by atoms with van der Waals surface area (Å²) >= 11 is 3.53. The molecular weight excluding hydrogens is 306 g/mol. The van der Waals surface area contributed by atoms with Gasteiger partial charge in [0.25, 0.3) is 0 Å². The Morgan fingerprint density at radius 1 is 1.47 bits per heavy atom. The van der Waals surface area contributed by atoms with Crippen LogP contribution in [-0.2, 0) is 13.5 Å². The molecule has 102 valence electrons. The van der Waals surface area contributed by atoms with Gasteiger partial charge in [-0.1, -0.05) is 6.07 Å². The molecule has 4 nitrogen and oxygen atoms in total. The Balaban J connectivity index is 2.19. The number of benzene rings is 1. The van der Waals surface area contributed by atoms with Crippen LogP contribution in [0.5, 0.6) is 5.75 Å². The van der Waals surface area contributed by atoms with Crippen molar-refractivity contribution in [3.63, 3.8) is 0 Å². The van der Waals surface area contributed by atoms with Crippen molar-refractivity contribution < 1.29 is 4.74 Å². The number of aryl methyl sites for hydroxylation is 1. The molecular formula is C14H18BrN3O. The van der Waals surface area contributed by atoms with Crippen molar-refractivity contribution in [2.75, 3.05) is 14.2 Å². The lowest BCUT2D eigenvalue weighted by atomic mass is 10.0. The van der Waals surface area contributed by atoms with Crippen LogP contribution in [0.2, 0.25) is 0 Å². The molecule has 0 aliphatic heterocycles. The summed E-state index contributed by atoms with van der Waals surface area (Å²) in [4.78, 5) is 0. The molecule has 0 radical (unpaired) electrons. The van der Waals surface area contributed by atoms with E-state index < -0.39 is 0 Å². The van der Waals surface area contributed by atoms with Crippen LogP contribution >= 0.6 is 15.9 Å². The molecule has 2 aromatic rings. The first-order valence-electron chi connectivity index (χ1n) is 6.12. The maximum atomic E-state index is 5.25. The second-order valence-corrected chi connectivity index (χ2v) is 5.32. The molecule has 1 atom stereocenters. The van der Waals surface area contributed by atoms with Crippen LogP contribution in [-0.4, -0.2) is 23.9 Å². The van der Waals surface area contributed by atoms with Gasteiger partial charge in [-0.25, -0.2) is 0 Å². The van der Waals surface area contributed by atoms with Gasteiger partial charge in [0.05, 0.1) is 17.8 Å². The van der Waals surface area contributed by atoms with Gasteiger partial charge >= 0.3 is 0 Å². The van der Waals surface area contributed by atoms with Crippen LogP contribution in [0.4, 0.5) is 0 Å². The summed E-state index contributed by atoms with van der Waals surface area (Å²) in [5.41, 5.74) is 2.44. The number of halogens is 1. The summed E-state index contributed by atoms with van der Waals surface area (Å²) in [6, 6.07) is 6.41. The van der Waals surface area contributed by atoms with Gasteiger partial charge in [0.2, 0.25) is 0 Å². The third-order valence-electron chi connectivity index (χ3n) is 3.12. The number of rotatable bonds is 5. The zero-order valence-corrected chi connectivity index (χ0v) is 12.9. The maximum Gasteiger partial charge on any atom is 0.133 e. The minimum atomic E-state index is 0.256. The van der Waals surface area contributed by atoms with E-state index in [1.807, 2.05) is 37.2 Å². The smallest absolute Gasteiger partial charge is 0.133 e. The van der Waals surface area contributed by atoms with Gasteiger partial charge in [-0.05, 0) is 52.7 Å². The van der Waals surface area contributed by atoms with E-state index in [2.05, 4.69) is 38.5 Å². The molecule has 0 bridgehead atoms. The minimum absolute atomic E-state index is 0.256. The van der Waals surface area contributed by atoms with Crippen LogP contribution in [0.25, 0.3) is 0 Å². The van der Waals surface area contributed by atoms with Crippen LogP contribution in [0.1, 0.15) is 17.2 Å². The van der Waals surface area contributed by atoms with E-state index in [1.165, 1.54) is 11.1 Å². The number of methoxy groups -OCH3 is 1. The highest BCUT2D eigenvalue weighted by atomic mass is 79.9. The lowest BCUT2D eigenvalue weighted by molar-refractivity contribution is 0.411. The average molecular weight is 324 g/mol. The van der Waals surface area contributed by atoms with Crippen molar-refractivity contribution in [1.29, 1.82) is 0 Å². The molecule has 19 heavy (non-hydrogen) atoms. The Kier molecular flexibility index (Phi) is 4.61. The Bertz CT molecular complexity index is 553. The Morgan fingerprint density at radius 2 is 2.26 bits per heavy atom. The standard InChI is InChI=1S/C14H18BrN3O/c1-16-13(6-10-8-17-18(2)9-10)11-4-5-14(19-3)12(15)7-11/h4-5,7-9,13,16H,6H2,1-3H3. The van der Waals surface area contributed by atoms with Crippen molar-refractivity contribution in [1.82, 2.24) is 15.1 Å². The van der Waals surface area contributed by atoms with Crippen LogP contribution < -0.4 is 10.1 Å². The molecule has 1 aromatic carbocycles. The summed E-state index contributed by atoms with van der Waals surface area (Å²) in [6.07, 6.45) is 4.86. The number of hydrogen-bond acceptors (Lipinski definition) is 3. The Morgan fingerprint density at radius 3 is 2.79 bits per heavy atom. The van der Waals surface area contributed by atoms with E-state index >= 15 is 0 Å². The fourth-order valence-electron chi connectivity index (χ4n) is 2.10. The van der Waals surface area contributed by atoms with E-state index in [4.69, 9.17) is 4.74 Å². The lowest BCUT2D eigenvalue weighted by Crippen LogP contribution is -2.18. The highest BCUT2D eigenvalue weighted by Gasteiger charge is 2.13. The van der Waals surface area contributed by atoms with E-state index in [9.17, 15) is 0 Å². The maximum absolute atomic E-state index is 5.25. The molecule has 1 aromatic heterocycles. The van der Waals surface area contributed by atoms with E-state index in [-0.39, 0.29) is 6.04 Å². The van der Waals surface area contributed by atoms with E-state index in [0.717, 1.165) is 16.6 Å². The zero-order valence-electron chi connectivity index (χ0n) is 11.4. The van der Waals surface area contributed by atoms with Gasteiger partial charge in [0.15, 0.2) is 0 Å². The molecule has 1 N–H and O–H groups in total. The average Bonchev–Trinajstić information content (AvgIpc) is 2.81. The van der Waals surface area contributed by atoms with Crippen molar-refractivity contribution in [2.24, 2.45) is 7.05 Å². The van der Waals surface area contributed by atoms with Crippen LogP contribution in [0.15, 0.2) is 35.1 Å². The Hall–Kier alpha value is -1.33. The summed E-state index contributed by atoms with van der Waals surface area (Å²) in [6.45, 7) is 0. The van der Waals surface area contributed by atoms with Crippen molar-refractivity contribution in [3.05, 3.63) is 46.2 Å². The Labute approximate surface area is 121 Å². The SMILES string of the molecule is CNC(Cc1cnn(C)c1)c1ccc(OC)c(Br)c1. The molecule has 0 saturated heterocycles. The highest BCUT2D eigenvalue weighted by Crippen LogP contribution is 2.29. The number of nitrogens with zero attached hydrogens (tertiary/aromatic N) is 2. The zero-order chi connectivity index (χ0) is 13.8. The van der Waals surface area contributed by atoms with Crippen LogP contribution in [0.3, 0.4) is 0 Å². The van der Waals surface area contributed by atoms with Gasteiger partial charge in [-0.15, -0.1) is 0 Å². The number of ether oxygens (including phenoxy) is 1. The number of hydrogen-bond donors (Lipinski definition) is 1. The van der Waals surface area contributed by atoms with Gasteiger partial charge in [-0.2, -0.15) is 5.10 Å². The first-order chi connectivity index (χ1) is 9.13. The largest absolute Gasteiger partial charge is 0.496 e. The summed E-state index contributed by atoms with van der Waals surface area (Å²) in [5.74, 6) is 0.847. The summed E-state index contributed by atoms with van der Waals surface area (Å²) < 4.78 is 8.05. The lowest BCUT2D eigenvalue weighted by Gasteiger charge is -2.17. The number of likely N-dealkylation sites (N-methyl/N-ethyl adjacent to an activating group) is 1. The first-order valence-corrected chi connectivity index (χ1v) is 6.91. The molecule has 0 amide bonds. The van der Waals surface area contributed by atoms with Gasteiger partial charge < -0.3 is 10.1 Å². The molecule has 0 saturated carbocycles. The molecule has 1 heterocycles. The predicted octanol–water partition coefficient (Wildman–Crippen LogP) is 2.69. The molecule has 0 aliphatic rings. The number of aromatic nitrogens is 2. The quantitative estimate of drug-likeness (QED) is 0.919. The molecule has 2 rings (SSSR count). The van der Waals surface area contributed by atoms with Gasteiger partial charge in [0.1, 0.15) is 5.75 Å². The third kappa shape index (κ3) is 3.36. The van der Waals surface area contributed by atoms with Crippen molar-refractivity contribution in [3.8, 4) is 5.75 Å². The normalized spacial score (nSPS) is 12.4. The fourth-order valence-corrected chi connectivity index (χ4v) is 2.66. The molecule has 0 spiro atoms. The second-order valence-electron chi connectivity index (χ2n) is 4.46. The predicted molar refractivity (Wildman–Crippen MR) is 79.4 cm³/mol. The molecule has 0 fully saturated rings. The highest BCUT2D eigenvalue weighted by molar-refractivity contribution is 9.10. The van der Waals surface area contributed by atoms with Gasteiger partial charge in [0, 0.05) is 19.3 Å². The van der Waals surface area contributed by atoms with Crippen LogP contribution in [0, 0.1) is 0 Å². The topological polar surface area (TPSA) is 39.1 Å². The number of nitrogens with one attached hydrogen (secondary N) is 1. The molecule has 1 unspecified atom stereocenters. The van der Waals surface area contributed by atoms with Gasteiger partial charge in [-0.3, -0.25) is 4.68 Å².